The molecule has 1 rings (SSSR count). The molecule has 0 bridgehead atoms. The maximum Gasteiger partial charge on any atom is 0.0997 e. The summed E-state index contributed by atoms with van der Waals surface area (Å²) in [5, 5.41) is 0. The Bertz CT molecular complexity index is 150. The zero-order chi connectivity index (χ0) is 5.82. The van der Waals surface area contributed by atoms with Gasteiger partial charge >= 0.3 is 0 Å². The minimum absolute atomic E-state index is 0. The molecule has 1 aromatic carbocycles. The maximum atomic E-state index is 3.76. The average molecular weight is 119 g/mol. The Morgan fingerprint density at radius 3 is 2.00 bits per heavy atom. The quantitative estimate of drug-likeness (QED) is 0.506. The predicted molar refractivity (Wildman–Crippen MR) is 38.8 cm³/mol. The molecule has 0 heterocycles. The predicted octanol–water partition coefficient (Wildman–Crippen LogP) is 0.0477. The van der Waals surface area contributed by atoms with Gasteiger partial charge in [0.25, 0.3) is 0 Å². The van der Waals surface area contributed by atoms with E-state index in [4.69, 9.17) is 0 Å². The number of hydrogen-bond acceptors (Lipinski definition) is 0. The average Bonchev–Trinajstić information content (AvgIpc) is 1.90. The summed E-state index contributed by atoms with van der Waals surface area (Å²) in [7, 11) is 0. The van der Waals surface area contributed by atoms with E-state index in [0.29, 0.717) is 0 Å². The lowest BCUT2D eigenvalue weighted by molar-refractivity contribution is -0.386. The fourth-order valence-corrected chi connectivity index (χ4v) is 0.645. The van der Waals surface area contributed by atoms with Crippen molar-refractivity contribution >= 4 is 8.41 Å². The lowest BCUT2D eigenvalue weighted by atomic mass is 10.2. The zero-order valence-electron chi connectivity index (χ0n) is 5.38. The van der Waals surface area contributed by atoms with E-state index in [9.17, 15) is 0 Å². The van der Waals surface area contributed by atoms with Gasteiger partial charge in [0.15, 0.2) is 0 Å². The molecule has 1 nitrogen and oxygen atoms in total. The number of quaternary nitrogens is 1. The Morgan fingerprint density at radius 2 is 1.67 bits per heavy atom. The molecule has 0 aliphatic rings. The second-order valence-corrected chi connectivity index (χ2v) is 1.74. The highest BCUT2D eigenvalue weighted by Crippen LogP contribution is 1.93. The first-order valence-corrected chi connectivity index (χ1v) is 2.76. The second kappa shape index (κ2) is 4.16. The number of rotatable bonds is 1. The number of benzene rings is 1. The largest absolute Gasteiger partial charge is 1.00 e. The van der Waals surface area contributed by atoms with Crippen molar-refractivity contribution in [3.63, 3.8) is 0 Å². The summed E-state index contributed by atoms with van der Waals surface area (Å²) in [6.45, 7) is 0.890. The van der Waals surface area contributed by atoms with E-state index in [0.717, 1.165) is 6.54 Å². The van der Waals surface area contributed by atoms with Crippen molar-refractivity contribution < 1.29 is 5.73 Å². The van der Waals surface area contributed by atoms with Crippen LogP contribution in [0.5, 0.6) is 0 Å². The minimum Gasteiger partial charge on any atom is -1.00 e. The summed E-state index contributed by atoms with van der Waals surface area (Å²) in [6.07, 6.45) is 0. The van der Waals surface area contributed by atoms with Crippen molar-refractivity contribution in [3.8, 4) is 0 Å². The normalized spacial score (nSPS) is 8.11. The first kappa shape index (κ1) is 8.24. The molecule has 9 heavy (non-hydrogen) atoms. The lowest BCUT2D eigenvalue weighted by Gasteiger charge is -1.87. The molecular formula is C7H10BN. The first-order chi connectivity index (χ1) is 3.93. The van der Waals surface area contributed by atoms with E-state index in [-0.39, 0.29) is 8.41 Å². The van der Waals surface area contributed by atoms with Gasteiger partial charge in [0, 0.05) is 5.56 Å². The van der Waals surface area contributed by atoms with Gasteiger partial charge in [0.05, 0.1) is 6.54 Å². The molecular weight excluding hydrogens is 109 g/mol. The summed E-state index contributed by atoms with van der Waals surface area (Å²) in [5.41, 5.74) is 5.05. The van der Waals surface area contributed by atoms with Crippen LogP contribution in [0.1, 0.15) is 5.56 Å². The van der Waals surface area contributed by atoms with Crippen molar-refractivity contribution in [1.29, 1.82) is 0 Å². The van der Waals surface area contributed by atoms with Gasteiger partial charge < -0.3 is 14.1 Å². The molecule has 3 N–H and O–H groups in total. The zero-order valence-corrected chi connectivity index (χ0v) is 5.38. The highest BCUT2D eigenvalue weighted by Gasteiger charge is 1.82. The third kappa shape index (κ3) is 2.33. The van der Waals surface area contributed by atoms with Crippen LogP contribution in [0.2, 0.25) is 0 Å². The summed E-state index contributed by atoms with van der Waals surface area (Å²) >= 11 is 0. The molecule has 0 aliphatic heterocycles. The van der Waals surface area contributed by atoms with Crippen molar-refractivity contribution in [2.75, 3.05) is 0 Å². The van der Waals surface area contributed by atoms with Crippen LogP contribution in [0.15, 0.2) is 30.3 Å². The highest BCUT2D eigenvalue weighted by atomic mass is 14.5. The van der Waals surface area contributed by atoms with Crippen molar-refractivity contribution in [1.82, 2.24) is 0 Å². The van der Waals surface area contributed by atoms with E-state index >= 15 is 0 Å². The van der Waals surface area contributed by atoms with Gasteiger partial charge in [0.1, 0.15) is 0 Å². The maximum absolute atomic E-state index is 3.76. The molecule has 46 valence electrons. The molecule has 0 saturated heterocycles. The van der Waals surface area contributed by atoms with Crippen LogP contribution in [-0.4, -0.2) is 8.41 Å². The Morgan fingerprint density at radius 1 is 1.11 bits per heavy atom. The molecule has 0 atom stereocenters. The van der Waals surface area contributed by atoms with Gasteiger partial charge in [-0.25, -0.2) is 0 Å². The molecule has 0 aliphatic carbocycles. The van der Waals surface area contributed by atoms with Crippen LogP contribution >= 0.6 is 0 Å². The fraction of sp³-hybridized carbons (Fsp3) is 0.143. The molecule has 2 heteroatoms. The third-order valence-corrected chi connectivity index (χ3v) is 1.13. The molecule has 0 saturated carbocycles. The molecule has 1 aromatic rings. The van der Waals surface area contributed by atoms with Crippen LogP contribution in [-0.2, 0) is 6.54 Å². The monoisotopic (exact) mass is 119 g/mol. The van der Waals surface area contributed by atoms with Crippen molar-refractivity contribution in [2.24, 2.45) is 0 Å². The van der Waals surface area contributed by atoms with E-state index in [1.165, 1.54) is 5.56 Å². The van der Waals surface area contributed by atoms with Gasteiger partial charge in [-0.05, 0) is 0 Å². The van der Waals surface area contributed by atoms with Crippen LogP contribution < -0.4 is 5.73 Å². The van der Waals surface area contributed by atoms with Gasteiger partial charge in [-0.15, -0.1) is 0 Å². The Hall–Kier alpha value is -0.755. The minimum atomic E-state index is 0. The number of hydrogen-bond donors (Lipinski definition) is 1. The topological polar surface area (TPSA) is 27.6 Å². The van der Waals surface area contributed by atoms with E-state index in [2.05, 4.69) is 17.9 Å². The van der Waals surface area contributed by atoms with E-state index in [1.807, 2.05) is 18.2 Å². The first-order valence-electron chi connectivity index (χ1n) is 2.76. The molecule has 0 spiro atoms. The second-order valence-electron chi connectivity index (χ2n) is 1.74. The molecule has 0 amide bonds. The molecule has 0 unspecified atom stereocenters. The van der Waals surface area contributed by atoms with Gasteiger partial charge in [-0.3, -0.25) is 0 Å². The Balaban J connectivity index is 0.000000640. The van der Waals surface area contributed by atoms with Crippen molar-refractivity contribution in [3.05, 3.63) is 35.9 Å². The van der Waals surface area contributed by atoms with E-state index < -0.39 is 0 Å². The standard InChI is InChI=1S/C7H9N.B/c8-6-7-4-2-1-3-5-7;/h1-5H,6,8H2;/q;-1/p+1. The van der Waals surface area contributed by atoms with Crippen LogP contribution in [0.3, 0.4) is 0 Å². The van der Waals surface area contributed by atoms with Crippen LogP contribution in [0.4, 0.5) is 0 Å². The van der Waals surface area contributed by atoms with Crippen molar-refractivity contribution in [2.45, 2.75) is 6.54 Å². The smallest absolute Gasteiger partial charge is 0.0997 e. The Labute approximate surface area is 57.5 Å². The lowest BCUT2D eigenvalue weighted by Crippen LogP contribution is -2.47. The van der Waals surface area contributed by atoms with Crippen LogP contribution in [0, 0.1) is 0 Å². The molecule has 0 fully saturated rings. The highest BCUT2D eigenvalue weighted by molar-refractivity contribution is 5.75. The van der Waals surface area contributed by atoms with Gasteiger partial charge in [-0.2, -0.15) is 0 Å². The molecule has 0 aromatic heterocycles. The summed E-state index contributed by atoms with van der Waals surface area (Å²) in [5.74, 6) is 0. The van der Waals surface area contributed by atoms with Crippen LogP contribution in [0.25, 0.3) is 0 Å². The summed E-state index contributed by atoms with van der Waals surface area (Å²) < 4.78 is 0. The summed E-state index contributed by atoms with van der Waals surface area (Å²) in [4.78, 5) is 0. The molecule has 4 radical (unpaired) electrons. The van der Waals surface area contributed by atoms with Gasteiger partial charge in [-0.1, -0.05) is 30.3 Å². The SMILES string of the molecule is [B-].[NH3+]Cc1ccccc1. The fourth-order valence-electron chi connectivity index (χ4n) is 0.645. The van der Waals surface area contributed by atoms with Gasteiger partial charge in [0.2, 0.25) is 0 Å². The Kier molecular flexibility index (Phi) is 3.81. The summed E-state index contributed by atoms with van der Waals surface area (Å²) in [6, 6.07) is 10.2. The van der Waals surface area contributed by atoms with E-state index in [1.54, 1.807) is 0 Å². The third-order valence-electron chi connectivity index (χ3n) is 1.13.